The van der Waals surface area contributed by atoms with E-state index >= 15 is 0 Å². The quantitative estimate of drug-likeness (QED) is 0.239. The van der Waals surface area contributed by atoms with Gasteiger partial charge in [-0.05, 0) is 71.8 Å². The fraction of sp³-hybridized carbons (Fsp3) is 0.207. The van der Waals surface area contributed by atoms with Crippen molar-refractivity contribution < 1.29 is 32.5 Å². The Morgan fingerprint density at radius 3 is 2.24 bits per heavy atom. The Morgan fingerprint density at radius 2 is 1.65 bits per heavy atom. The monoisotopic (exact) mass is 526 g/mol. The number of carboxylic acids is 1. The molecule has 0 saturated heterocycles. The molecular formula is C29H25F3O4S. The Morgan fingerprint density at radius 1 is 0.946 bits per heavy atom. The van der Waals surface area contributed by atoms with Crippen molar-refractivity contribution in [2.45, 2.75) is 38.7 Å². The summed E-state index contributed by atoms with van der Waals surface area (Å²) in [5.74, 6) is 0.0232. The highest BCUT2D eigenvalue weighted by molar-refractivity contribution is 7.13. The average molecular weight is 527 g/mol. The van der Waals surface area contributed by atoms with Crippen LogP contribution in [-0.2, 0) is 11.0 Å². The molecule has 0 aliphatic rings. The summed E-state index contributed by atoms with van der Waals surface area (Å²) in [6.07, 6.45) is -5.44. The summed E-state index contributed by atoms with van der Waals surface area (Å²) in [6.45, 7) is 3.57. The largest absolute Gasteiger partial charge is 0.481 e. The summed E-state index contributed by atoms with van der Waals surface area (Å²) < 4.78 is 50.9. The van der Waals surface area contributed by atoms with E-state index in [0.29, 0.717) is 23.5 Å². The molecule has 0 bridgehead atoms. The highest BCUT2D eigenvalue weighted by atomic mass is 32.1. The van der Waals surface area contributed by atoms with E-state index in [-0.39, 0.29) is 0 Å². The third kappa shape index (κ3) is 6.32. The average Bonchev–Trinajstić information content (AvgIpc) is 3.36. The standard InChI is InChI=1S/C29H25F3O4S/c1-3-24(28(33)34)36-25-14-13-23(15-18(25)2)35-27(20-7-5-4-6-8-20)21-16-26(37-17-21)19-9-11-22(12-10-19)29(30,31)32/h4-17,24,27H,3H2,1-2H3,(H,33,34). The van der Waals surface area contributed by atoms with Gasteiger partial charge in [0.05, 0.1) is 5.56 Å². The molecule has 4 aromatic rings. The molecule has 1 aromatic heterocycles. The number of benzene rings is 3. The number of aryl methyl sites for hydroxylation is 1. The molecule has 2 atom stereocenters. The minimum atomic E-state index is -4.38. The first-order valence-corrected chi connectivity index (χ1v) is 12.5. The van der Waals surface area contributed by atoms with Crippen molar-refractivity contribution >= 4 is 17.3 Å². The molecule has 2 unspecified atom stereocenters. The van der Waals surface area contributed by atoms with Gasteiger partial charge >= 0.3 is 12.1 Å². The predicted molar refractivity (Wildman–Crippen MR) is 137 cm³/mol. The Kier molecular flexibility index (Phi) is 7.88. The van der Waals surface area contributed by atoms with Crippen LogP contribution in [-0.4, -0.2) is 17.2 Å². The zero-order valence-corrected chi connectivity index (χ0v) is 21.0. The lowest BCUT2D eigenvalue weighted by Crippen LogP contribution is -2.26. The van der Waals surface area contributed by atoms with Crippen molar-refractivity contribution in [1.29, 1.82) is 0 Å². The summed E-state index contributed by atoms with van der Waals surface area (Å²) in [5.41, 5.74) is 2.52. The topological polar surface area (TPSA) is 55.8 Å². The number of hydrogen-bond donors (Lipinski definition) is 1. The molecule has 0 aliphatic heterocycles. The van der Waals surface area contributed by atoms with Crippen LogP contribution in [0.15, 0.2) is 84.2 Å². The highest BCUT2D eigenvalue weighted by Crippen LogP contribution is 2.37. The number of carbonyl (C=O) groups is 1. The normalized spacial score (nSPS) is 13.1. The van der Waals surface area contributed by atoms with Gasteiger partial charge in [0, 0.05) is 10.4 Å². The molecule has 1 heterocycles. The van der Waals surface area contributed by atoms with Gasteiger partial charge in [-0.1, -0.05) is 49.4 Å². The van der Waals surface area contributed by atoms with Crippen LogP contribution in [0.5, 0.6) is 11.5 Å². The van der Waals surface area contributed by atoms with Crippen molar-refractivity contribution in [3.05, 3.63) is 106 Å². The van der Waals surface area contributed by atoms with Crippen LogP contribution in [0.2, 0.25) is 0 Å². The molecule has 0 aliphatic carbocycles. The zero-order valence-electron chi connectivity index (χ0n) is 20.2. The molecule has 0 radical (unpaired) electrons. The molecule has 0 fully saturated rings. The first-order valence-electron chi connectivity index (χ1n) is 11.6. The van der Waals surface area contributed by atoms with E-state index in [1.807, 2.05) is 48.7 Å². The SMILES string of the molecule is CCC(Oc1ccc(OC(c2ccccc2)c2csc(-c3ccc(C(F)(F)F)cc3)c2)cc1C)C(=O)O. The second-order valence-corrected chi connectivity index (χ2v) is 9.42. The maximum atomic E-state index is 12.9. The van der Waals surface area contributed by atoms with E-state index in [4.69, 9.17) is 9.47 Å². The van der Waals surface area contributed by atoms with Gasteiger partial charge in [0.1, 0.15) is 17.6 Å². The minimum absolute atomic E-state index is 0.336. The molecule has 37 heavy (non-hydrogen) atoms. The van der Waals surface area contributed by atoms with Crippen molar-refractivity contribution in [2.24, 2.45) is 0 Å². The molecule has 3 aromatic carbocycles. The number of thiophene rings is 1. The first kappa shape index (κ1) is 26.3. The smallest absolute Gasteiger partial charge is 0.416 e. The lowest BCUT2D eigenvalue weighted by atomic mass is 10.0. The van der Waals surface area contributed by atoms with Crippen LogP contribution in [0.25, 0.3) is 10.4 Å². The van der Waals surface area contributed by atoms with Gasteiger partial charge in [-0.3, -0.25) is 0 Å². The molecule has 4 rings (SSSR count). The third-order valence-corrected chi connectivity index (χ3v) is 6.83. The number of ether oxygens (including phenoxy) is 2. The van der Waals surface area contributed by atoms with Crippen molar-refractivity contribution in [2.75, 3.05) is 0 Å². The maximum Gasteiger partial charge on any atom is 0.416 e. The van der Waals surface area contributed by atoms with Crippen LogP contribution in [0.1, 0.15) is 41.7 Å². The van der Waals surface area contributed by atoms with E-state index in [2.05, 4.69) is 0 Å². The fourth-order valence-electron chi connectivity index (χ4n) is 3.84. The maximum absolute atomic E-state index is 12.9. The number of alkyl halides is 3. The van der Waals surface area contributed by atoms with Crippen molar-refractivity contribution in [3.8, 4) is 21.9 Å². The highest BCUT2D eigenvalue weighted by Gasteiger charge is 2.30. The van der Waals surface area contributed by atoms with Crippen molar-refractivity contribution in [1.82, 2.24) is 0 Å². The lowest BCUT2D eigenvalue weighted by molar-refractivity contribution is -0.145. The number of rotatable bonds is 9. The van der Waals surface area contributed by atoms with Crippen LogP contribution >= 0.6 is 11.3 Å². The van der Waals surface area contributed by atoms with Gasteiger partial charge in [0.2, 0.25) is 0 Å². The van der Waals surface area contributed by atoms with E-state index in [1.54, 1.807) is 25.1 Å². The predicted octanol–water partition coefficient (Wildman–Crippen LogP) is 8.15. The summed E-state index contributed by atoms with van der Waals surface area (Å²) in [6, 6.07) is 21.9. The Hall–Kier alpha value is -3.78. The van der Waals surface area contributed by atoms with E-state index in [0.717, 1.165) is 33.7 Å². The lowest BCUT2D eigenvalue weighted by Gasteiger charge is -2.20. The van der Waals surface area contributed by atoms with Gasteiger partial charge in [-0.15, -0.1) is 11.3 Å². The molecule has 8 heteroatoms. The Bertz CT molecular complexity index is 1350. The van der Waals surface area contributed by atoms with E-state index < -0.39 is 29.9 Å². The third-order valence-electron chi connectivity index (χ3n) is 5.84. The summed E-state index contributed by atoms with van der Waals surface area (Å²) >= 11 is 1.43. The fourth-order valence-corrected chi connectivity index (χ4v) is 4.78. The van der Waals surface area contributed by atoms with Crippen molar-refractivity contribution in [3.63, 3.8) is 0 Å². The van der Waals surface area contributed by atoms with Gasteiger partial charge in [-0.2, -0.15) is 13.2 Å². The minimum Gasteiger partial charge on any atom is -0.481 e. The van der Waals surface area contributed by atoms with Gasteiger partial charge in [0.25, 0.3) is 0 Å². The molecule has 192 valence electrons. The molecule has 0 spiro atoms. The zero-order chi connectivity index (χ0) is 26.6. The molecule has 4 nitrogen and oxygen atoms in total. The summed E-state index contributed by atoms with van der Waals surface area (Å²) in [5, 5.41) is 11.2. The Balaban J connectivity index is 1.61. The summed E-state index contributed by atoms with van der Waals surface area (Å²) in [7, 11) is 0. The number of aliphatic carboxylic acids is 1. The number of halogens is 3. The molecular weight excluding hydrogens is 501 g/mol. The summed E-state index contributed by atoms with van der Waals surface area (Å²) in [4.78, 5) is 12.2. The molecule has 0 saturated carbocycles. The van der Waals surface area contributed by atoms with Crippen LogP contribution in [0, 0.1) is 6.92 Å². The van der Waals surface area contributed by atoms with Gasteiger partial charge in [-0.25, -0.2) is 4.79 Å². The van der Waals surface area contributed by atoms with Crippen LogP contribution in [0.3, 0.4) is 0 Å². The Labute approximate surface area is 216 Å². The number of carboxylic acid groups (broad SMARTS) is 1. The number of hydrogen-bond acceptors (Lipinski definition) is 4. The van der Waals surface area contributed by atoms with Gasteiger partial charge in [0.15, 0.2) is 6.10 Å². The molecule has 0 amide bonds. The second-order valence-electron chi connectivity index (χ2n) is 8.51. The van der Waals surface area contributed by atoms with Crippen LogP contribution < -0.4 is 9.47 Å². The second kappa shape index (κ2) is 11.1. The van der Waals surface area contributed by atoms with E-state index in [1.165, 1.54) is 23.5 Å². The van der Waals surface area contributed by atoms with Crippen LogP contribution in [0.4, 0.5) is 13.2 Å². The van der Waals surface area contributed by atoms with E-state index in [9.17, 15) is 23.1 Å². The molecule has 1 N–H and O–H groups in total. The first-order chi connectivity index (χ1) is 17.7. The van der Waals surface area contributed by atoms with Gasteiger partial charge < -0.3 is 14.6 Å².